The Balaban J connectivity index is 0.000000376. The number of rotatable bonds is 2. The maximum Gasteiger partial charge on any atom is 0.417 e. The number of alkyl halides is 3. The highest BCUT2D eigenvalue weighted by atomic mass is 19.4. The summed E-state index contributed by atoms with van der Waals surface area (Å²) >= 11 is 0. The molecule has 0 saturated carbocycles. The van der Waals surface area contributed by atoms with E-state index < -0.39 is 11.7 Å². The second kappa shape index (κ2) is 9.35. The first-order chi connectivity index (χ1) is 15.8. The molecule has 5 heterocycles. The number of carbonyl (C=O) groups is 1. The third kappa shape index (κ3) is 5.33. The lowest BCUT2D eigenvalue weighted by Crippen LogP contribution is -2.24. The van der Waals surface area contributed by atoms with Gasteiger partial charge in [0.1, 0.15) is 12.0 Å². The van der Waals surface area contributed by atoms with Crippen LogP contribution in [0.5, 0.6) is 5.88 Å². The van der Waals surface area contributed by atoms with Crippen LogP contribution >= 0.6 is 0 Å². The number of halogens is 3. The Bertz CT molecular complexity index is 1140. The van der Waals surface area contributed by atoms with Crippen molar-refractivity contribution in [1.29, 1.82) is 0 Å². The average molecular weight is 459 g/mol. The smallest absolute Gasteiger partial charge is 0.417 e. The van der Waals surface area contributed by atoms with Crippen molar-refractivity contribution in [2.75, 3.05) is 18.0 Å². The van der Waals surface area contributed by atoms with Gasteiger partial charge in [-0.15, -0.1) is 0 Å². The van der Waals surface area contributed by atoms with Crippen LogP contribution in [0, 0.1) is 0 Å². The van der Waals surface area contributed by atoms with Crippen LogP contribution < -0.4 is 4.90 Å². The molecule has 0 atom stereocenters. The third-order valence-electron chi connectivity index (χ3n) is 5.17. The van der Waals surface area contributed by atoms with Gasteiger partial charge < -0.3 is 15.0 Å². The average Bonchev–Trinajstić information content (AvgIpc) is 3.44. The van der Waals surface area contributed by atoms with Gasteiger partial charge in [-0.25, -0.2) is 15.0 Å². The van der Waals surface area contributed by atoms with E-state index in [4.69, 9.17) is 0 Å². The topological polar surface area (TPSA) is 119 Å². The SMILES string of the molecule is O=C1C=NC=N1.Oc1nc(N2CCCCCC2)[nH]c1C=C1C=Nc2ncc(C(F)(F)F)cc21. The lowest BCUT2D eigenvalue weighted by Gasteiger charge is -2.18. The van der Waals surface area contributed by atoms with E-state index in [1.54, 1.807) is 6.08 Å². The summed E-state index contributed by atoms with van der Waals surface area (Å²) in [5, 5.41) is 10.2. The van der Waals surface area contributed by atoms with Gasteiger partial charge in [0.15, 0.2) is 5.82 Å². The van der Waals surface area contributed by atoms with Crippen LogP contribution in [0.1, 0.15) is 42.5 Å². The van der Waals surface area contributed by atoms with Crippen LogP contribution in [0.4, 0.5) is 24.9 Å². The largest absolute Gasteiger partial charge is 0.492 e. The molecule has 2 N–H and O–H groups in total. The molecule has 0 spiro atoms. The maximum absolute atomic E-state index is 13.0. The number of hydrogen-bond donors (Lipinski definition) is 2. The maximum atomic E-state index is 13.0. The zero-order valence-electron chi connectivity index (χ0n) is 17.4. The van der Waals surface area contributed by atoms with Gasteiger partial charge in [0, 0.05) is 36.6 Å². The molecule has 33 heavy (non-hydrogen) atoms. The molecule has 172 valence electrons. The number of nitrogens with zero attached hydrogens (tertiary/aromatic N) is 6. The summed E-state index contributed by atoms with van der Waals surface area (Å²) < 4.78 is 38.9. The molecule has 9 nitrogen and oxygen atoms in total. The number of amides is 1. The molecule has 1 saturated heterocycles. The summed E-state index contributed by atoms with van der Waals surface area (Å²) in [6.07, 6.45) is 6.11. The summed E-state index contributed by atoms with van der Waals surface area (Å²) in [7, 11) is 0. The predicted molar refractivity (Wildman–Crippen MR) is 118 cm³/mol. The van der Waals surface area contributed by atoms with Gasteiger partial charge in [-0.2, -0.15) is 23.1 Å². The van der Waals surface area contributed by atoms with Crippen molar-refractivity contribution in [2.45, 2.75) is 31.9 Å². The molecular formula is C21H20F3N7O2. The number of aliphatic imine (C=N–C) groups is 3. The Hall–Kier alpha value is -3.83. The quantitative estimate of drug-likeness (QED) is 0.708. The van der Waals surface area contributed by atoms with E-state index in [0.29, 0.717) is 17.2 Å². The van der Waals surface area contributed by atoms with E-state index in [9.17, 15) is 23.1 Å². The number of pyridine rings is 1. The van der Waals surface area contributed by atoms with Gasteiger partial charge >= 0.3 is 6.18 Å². The van der Waals surface area contributed by atoms with Gasteiger partial charge in [0.05, 0.1) is 11.8 Å². The number of H-pyrrole nitrogens is 1. The van der Waals surface area contributed by atoms with Crippen molar-refractivity contribution in [2.24, 2.45) is 15.0 Å². The van der Waals surface area contributed by atoms with Crippen LogP contribution in [0.15, 0.2) is 27.2 Å². The Morgan fingerprint density at radius 3 is 2.45 bits per heavy atom. The molecule has 2 aromatic heterocycles. The molecule has 3 aliphatic heterocycles. The molecule has 0 radical (unpaired) electrons. The van der Waals surface area contributed by atoms with Crippen molar-refractivity contribution < 1.29 is 23.1 Å². The number of nitrogens with one attached hydrogen (secondary N) is 1. The van der Waals surface area contributed by atoms with Crippen LogP contribution in [-0.2, 0) is 11.0 Å². The fourth-order valence-electron chi connectivity index (χ4n) is 3.52. The summed E-state index contributed by atoms with van der Waals surface area (Å²) in [5.74, 6) is 0.332. The zero-order chi connectivity index (χ0) is 23.4. The van der Waals surface area contributed by atoms with Crippen molar-refractivity contribution in [3.63, 3.8) is 0 Å². The van der Waals surface area contributed by atoms with E-state index in [2.05, 4.69) is 34.8 Å². The molecule has 0 bridgehead atoms. The summed E-state index contributed by atoms with van der Waals surface area (Å²) in [5.41, 5.74) is 0.206. The molecule has 12 heteroatoms. The second-order valence-corrected chi connectivity index (χ2v) is 7.51. The highest BCUT2D eigenvalue weighted by Gasteiger charge is 2.32. The van der Waals surface area contributed by atoms with Crippen molar-refractivity contribution >= 4 is 48.1 Å². The predicted octanol–water partition coefficient (Wildman–Crippen LogP) is 3.79. The van der Waals surface area contributed by atoms with Gasteiger partial charge in [-0.05, 0) is 25.0 Å². The second-order valence-electron chi connectivity index (χ2n) is 7.51. The first-order valence-corrected chi connectivity index (χ1v) is 10.3. The molecule has 1 amide bonds. The third-order valence-corrected chi connectivity index (χ3v) is 5.17. The monoisotopic (exact) mass is 459 g/mol. The molecular weight excluding hydrogens is 439 g/mol. The van der Waals surface area contributed by atoms with Crippen LogP contribution in [0.3, 0.4) is 0 Å². The van der Waals surface area contributed by atoms with Gasteiger partial charge in [0.2, 0.25) is 11.8 Å². The number of anilines is 1. The molecule has 1 fully saturated rings. The minimum Gasteiger partial charge on any atom is -0.492 e. The minimum atomic E-state index is -4.48. The van der Waals surface area contributed by atoms with Crippen molar-refractivity contribution in [3.8, 4) is 5.88 Å². The highest BCUT2D eigenvalue weighted by Crippen LogP contribution is 2.37. The number of aromatic amines is 1. The first kappa shape index (κ1) is 22.4. The molecule has 0 unspecified atom stereocenters. The van der Waals surface area contributed by atoms with Crippen molar-refractivity contribution in [1.82, 2.24) is 15.0 Å². The normalized spacial score (nSPS) is 18.5. The minimum absolute atomic E-state index is 0.191. The lowest BCUT2D eigenvalue weighted by atomic mass is 10.1. The Labute approximate surface area is 186 Å². The number of hydrogen-bond acceptors (Lipinski definition) is 7. The fourth-order valence-corrected chi connectivity index (χ4v) is 3.52. The molecule has 3 aliphatic rings. The molecule has 0 aromatic carbocycles. The summed E-state index contributed by atoms with van der Waals surface area (Å²) in [6.45, 7) is 1.71. The standard InChI is InChI=1S/C18H18F3N5O.C3H2N2O/c19-18(20,21)12-8-13-11(9-22-15(13)23-10-12)7-14-16(27)25-17(24-14)26-5-3-1-2-4-6-26;6-3-1-4-2-5-3/h7-10,27H,1-6H2,(H,24,25);1-2H. The number of aromatic hydroxyl groups is 1. The van der Waals surface area contributed by atoms with Gasteiger partial charge in [0.25, 0.3) is 5.91 Å². The number of carbonyl (C=O) groups excluding carboxylic acids is 1. The fraction of sp³-hybridized carbons (Fsp3) is 0.333. The molecule has 2 aromatic rings. The Morgan fingerprint density at radius 1 is 1.09 bits per heavy atom. The van der Waals surface area contributed by atoms with E-state index >= 15 is 0 Å². The van der Waals surface area contributed by atoms with E-state index in [1.165, 1.54) is 31.6 Å². The van der Waals surface area contributed by atoms with E-state index in [-0.39, 0.29) is 23.2 Å². The molecule has 0 aliphatic carbocycles. The Morgan fingerprint density at radius 2 is 1.85 bits per heavy atom. The lowest BCUT2D eigenvalue weighted by molar-refractivity contribution is -0.137. The summed E-state index contributed by atoms with van der Waals surface area (Å²) in [4.78, 5) is 33.7. The molecule has 5 rings (SSSR count). The number of allylic oxidation sites excluding steroid dienone is 1. The van der Waals surface area contributed by atoms with Gasteiger partial charge in [-0.1, -0.05) is 12.8 Å². The number of aromatic nitrogens is 3. The van der Waals surface area contributed by atoms with Crippen LogP contribution in [-0.4, -0.2) is 57.8 Å². The zero-order valence-corrected chi connectivity index (χ0v) is 17.4. The van der Waals surface area contributed by atoms with Crippen LogP contribution in [0.25, 0.3) is 11.6 Å². The summed E-state index contributed by atoms with van der Waals surface area (Å²) in [6, 6.07) is 1.02. The highest BCUT2D eigenvalue weighted by molar-refractivity contribution is 6.32. The first-order valence-electron chi connectivity index (χ1n) is 10.3. The van der Waals surface area contributed by atoms with E-state index in [0.717, 1.165) is 38.2 Å². The Kier molecular flexibility index (Phi) is 6.33. The van der Waals surface area contributed by atoms with Crippen LogP contribution in [0.2, 0.25) is 0 Å². The van der Waals surface area contributed by atoms with Gasteiger partial charge in [-0.3, -0.25) is 4.79 Å². The number of imidazole rings is 1. The van der Waals surface area contributed by atoms with Crippen molar-refractivity contribution in [3.05, 3.63) is 29.1 Å². The van der Waals surface area contributed by atoms with E-state index in [1.807, 2.05) is 0 Å². The number of fused-ring (bicyclic) bond motifs is 1.